The molecule has 3 rings (SSSR count). The van der Waals surface area contributed by atoms with Gasteiger partial charge in [0.1, 0.15) is 17.3 Å². The van der Waals surface area contributed by atoms with Crippen LogP contribution >= 0.6 is 0 Å². The van der Waals surface area contributed by atoms with Crippen LogP contribution in [0.15, 0.2) is 48.5 Å². The van der Waals surface area contributed by atoms with Crippen LogP contribution in [0.25, 0.3) is 5.69 Å². The molecule has 0 aliphatic rings. The third kappa shape index (κ3) is 3.22. The van der Waals surface area contributed by atoms with E-state index in [1.54, 1.807) is 23.9 Å². The molecule has 0 spiro atoms. The number of benzene rings is 2. The minimum absolute atomic E-state index is 0.279. The van der Waals surface area contributed by atoms with Crippen LogP contribution in [0, 0.1) is 5.82 Å². The van der Waals surface area contributed by atoms with Gasteiger partial charge in [-0.15, -0.1) is 5.10 Å². The number of methoxy groups -OCH3 is 1. The van der Waals surface area contributed by atoms with Gasteiger partial charge < -0.3 is 10.5 Å². The van der Waals surface area contributed by atoms with Gasteiger partial charge in [-0.1, -0.05) is 23.4 Å². The Morgan fingerprint density at radius 1 is 1.17 bits per heavy atom. The zero-order valence-corrected chi connectivity index (χ0v) is 12.7. The summed E-state index contributed by atoms with van der Waals surface area (Å²) < 4.78 is 20.3. The van der Waals surface area contributed by atoms with Gasteiger partial charge in [-0.3, -0.25) is 0 Å². The Morgan fingerprint density at radius 3 is 2.61 bits per heavy atom. The summed E-state index contributed by atoms with van der Waals surface area (Å²) in [7, 11) is 1.63. The second-order valence-electron chi connectivity index (χ2n) is 5.10. The summed E-state index contributed by atoms with van der Waals surface area (Å²) in [5.41, 5.74) is 9.01. The first-order valence-electron chi connectivity index (χ1n) is 7.23. The third-order valence-electron chi connectivity index (χ3n) is 3.62. The number of hydrogen-bond donors (Lipinski definition) is 1. The maximum Gasteiger partial charge on any atom is 0.125 e. The highest BCUT2D eigenvalue weighted by atomic mass is 19.1. The van der Waals surface area contributed by atoms with E-state index in [2.05, 4.69) is 10.3 Å². The van der Waals surface area contributed by atoms with E-state index in [0.717, 1.165) is 17.0 Å². The van der Waals surface area contributed by atoms with Gasteiger partial charge in [-0.25, -0.2) is 9.07 Å². The summed E-state index contributed by atoms with van der Waals surface area (Å²) >= 11 is 0. The van der Waals surface area contributed by atoms with Crippen molar-refractivity contribution in [1.29, 1.82) is 0 Å². The van der Waals surface area contributed by atoms with Crippen LogP contribution in [-0.4, -0.2) is 22.1 Å². The standard InChI is InChI=1S/C17H17FN4O/c1-23-15-7-5-12(6-8-15)9-17-16(11-19)20-21-22(17)14-4-2-3-13(18)10-14/h2-8,10H,9,11,19H2,1H3. The molecule has 0 unspecified atom stereocenters. The molecule has 0 saturated heterocycles. The minimum Gasteiger partial charge on any atom is -0.497 e. The Hall–Kier alpha value is -2.73. The third-order valence-corrected chi connectivity index (χ3v) is 3.62. The van der Waals surface area contributed by atoms with E-state index in [0.29, 0.717) is 17.8 Å². The molecule has 2 N–H and O–H groups in total. The lowest BCUT2D eigenvalue weighted by atomic mass is 10.1. The summed E-state index contributed by atoms with van der Waals surface area (Å²) in [6.07, 6.45) is 0.597. The van der Waals surface area contributed by atoms with Crippen LogP contribution in [-0.2, 0) is 13.0 Å². The minimum atomic E-state index is -0.317. The SMILES string of the molecule is COc1ccc(Cc2c(CN)nnn2-c2cccc(F)c2)cc1. The average molecular weight is 312 g/mol. The van der Waals surface area contributed by atoms with Gasteiger partial charge in [0.25, 0.3) is 0 Å². The van der Waals surface area contributed by atoms with Gasteiger partial charge in [0, 0.05) is 13.0 Å². The molecule has 118 valence electrons. The number of ether oxygens (including phenoxy) is 1. The highest BCUT2D eigenvalue weighted by molar-refractivity contribution is 5.37. The van der Waals surface area contributed by atoms with Crippen molar-refractivity contribution in [2.24, 2.45) is 5.73 Å². The van der Waals surface area contributed by atoms with Crippen LogP contribution in [0.4, 0.5) is 4.39 Å². The van der Waals surface area contributed by atoms with Crippen molar-refractivity contribution in [3.05, 3.63) is 71.3 Å². The van der Waals surface area contributed by atoms with E-state index in [-0.39, 0.29) is 12.4 Å². The number of nitrogens with zero attached hydrogens (tertiary/aromatic N) is 3. The van der Waals surface area contributed by atoms with Gasteiger partial charge in [0.05, 0.1) is 18.5 Å². The normalized spacial score (nSPS) is 10.7. The van der Waals surface area contributed by atoms with Gasteiger partial charge in [-0.2, -0.15) is 0 Å². The number of hydrogen-bond acceptors (Lipinski definition) is 4. The van der Waals surface area contributed by atoms with Crippen molar-refractivity contribution in [2.45, 2.75) is 13.0 Å². The van der Waals surface area contributed by atoms with Crippen molar-refractivity contribution < 1.29 is 9.13 Å². The van der Waals surface area contributed by atoms with Crippen molar-refractivity contribution in [1.82, 2.24) is 15.0 Å². The van der Waals surface area contributed by atoms with E-state index in [4.69, 9.17) is 10.5 Å². The zero-order chi connectivity index (χ0) is 16.2. The fraction of sp³-hybridized carbons (Fsp3) is 0.176. The van der Waals surface area contributed by atoms with Gasteiger partial charge in [-0.05, 0) is 35.9 Å². The van der Waals surface area contributed by atoms with Gasteiger partial charge >= 0.3 is 0 Å². The predicted octanol–water partition coefficient (Wildman–Crippen LogP) is 2.46. The first-order chi connectivity index (χ1) is 11.2. The largest absolute Gasteiger partial charge is 0.497 e. The summed E-state index contributed by atoms with van der Waals surface area (Å²) in [4.78, 5) is 0. The van der Waals surface area contributed by atoms with Crippen LogP contribution in [0.1, 0.15) is 17.0 Å². The quantitative estimate of drug-likeness (QED) is 0.786. The number of nitrogens with two attached hydrogens (primary N) is 1. The number of rotatable bonds is 5. The summed E-state index contributed by atoms with van der Waals surface area (Å²) in [6.45, 7) is 0.279. The first-order valence-corrected chi connectivity index (χ1v) is 7.23. The maximum atomic E-state index is 13.5. The molecule has 6 heteroatoms. The Balaban J connectivity index is 1.98. The molecular weight excluding hydrogens is 295 g/mol. The Kier molecular flexibility index (Phi) is 4.34. The Labute approximate surface area is 133 Å². The molecule has 0 bridgehead atoms. The molecule has 3 aromatic rings. The highest BCUT2D eigenvalue weighted by Crippen LogP contribution is 2.19. The molecule has 1 heterocycles. The van der Waals surface area contributed by atoms with Crippen LogP contribution < -0.4 is 10.5 Å². The van der Waals surface area contributed by atoms with Crippen LogP contribution in [0.3, 0.4) is 0 Å². The number of halogens is 1. The number of aromatic nitrogens is 3. The molecule has 23 heavy (non-hydrogen) atoms. The predicted molar refractivity (Wildman–Crippen MR) is 85.0 cm³/mol. The second-order valence-corrected chi connectivity index (χ2v) is 5.10. The molecule has 0 radical (unpaired) electrons. The molecule has 0 atom stereocenters. The summed E-state index contributed by atoms with van der Waals surface area (Å²) in [6, 6.07) is 14.0. The fourth-order valence-electron chi connectivity index (χ4n) is 2.42. The van der Waals surface area contributed by atoms with Crippen molar-refractivity contribution in [3.8, 4) is 11.4 Å². The van der Waals surface area contributed by atoms with Crippen LogP contribution in [0.2, 0.25) is 0 Å². The van der Waals surface area contributed by atoms with E-state index in [1.807, 2.05) is 24.3 Å². The molecule has 0 amide bonds. The zero-order valence-electron chi connectivity index (χ0n) is 12.7. The average Bonchev–Trinajstić information content (AvgIpc) is 2.98. The van der Waals surface area contributed by atoms with Crippen molar-refractivity contribution >= 4 is 0 Å². The Bertz CT molecular complexity index is 799. The summed E-state index contributed by atoms with van der Waals surface area (Å²) in [5, 5.41) is 8.23. The molecule has 0 fully saturated rings. The van der Waals surface area contributed by atoms with E-state index < -0.39 is 0 Å². The molecule has 1 aromatic heterocycles. The van der Waals surface area contributed by atoms with Gasteiger partial charge in [0.15, 0.2) is 0 Å². The second kappa shape index (κ2) is 6.58. The molecule has 5 nitrogen and oxygen atoms in total. The van der Waals surface area contributed by atoms with E-state index in [9.17, 15) is 4.39 Å². The van der Waals surface area contributed by atoms with Crippen LogP contribution in [0.5, 0.6) is 5.75 Å². The molecule has 0 saturated carbocycles. The van der Waals surface area contributed by atoms with Gasteiger partial charge in [0.2, 0.25) is 0 Å². The lowest BCUT2D eigenvalue weighted by molar-refractivity contribution is 0.414. The smallest absolute Gasteiger partial charge is 0.125 e. The highest BCUT2D eigenvalue weighted by Gasteiger charge is 2.14. The topological polar surface area (TPSA) is 66.0 Å². The lowest BCUT2D eigenvalue weighted by Gasteiger charge is -2.09. The monoisotopic (exact) mass is 312 g/mol. The molecule has 0 aliphatic heterocycles. The van der Waals surface area contributed by atoms with E-state index in [1.165, 1.54) is 12.1 Å². The fourth-order valence-corrected chi connectivity index (χ4v) is 2.42. The molecule has 2 aromatic carbocycles. The first kappa shape index (κ1) is 15.2. The Morgan fingerprint density at radius 2 is 1.96 bits per heavy atom. The van der Waals surface area contributed by atoms with E-state index >= 15 is 0 Å². The lowest BCUT2D eigenvalue weighted by Crippen LogP contribution is -2.07. The molecule has 0 aliphatic carbocycles. The maximum absolute atomic E-state index is 13.5. The van der Waals surface area contributed by atoms with Crippen molar-refractivity contribution in [2.75, 3.05) is 7.11 Å². The summed E-state index contributed by atoms with van der Waals surface area (Å²) in [5.74, 6) is 0.479. The molecular formula is C17H17FN4O. The van der Waals surface area contributed by atoms with Crippen molar-refractivity contribution in [3.63, 3.8) is 0 Å².